The molecule has 170 valence electrons. The van der Waals surface area contributed by atoms with E-state index in [-0.39, 0.29) is 36.3 Å². The SMILES string of the molecule is CCOC(=O)N1CCN(C(=O)[C@@H]2CC[C@H](NC(=O)Cc3ccccn3)CN(C)C2)CC1. The molecule has 1 aromatic heterocycles. The van der Waals surface area contributed by atoms with E-state index in [0.717, 1.165) is 18.5 Å². The van der Waals surface area contributed by atoms with Crippen LogP contribution in [0.1, 0.15) is 25.5 Å². The average Bonchev–Trinajstić information content (AvgIpc) is 2.95. The van der Waals surface area contributed by atoms with Crippen LogP contribution in [0.5, 0.6) is 0 Å². The van der Waals surface area contributed by atoms with E-state index in [9.17, 15) is 14.4 Å². The highest BCUT2D eigenvalue weighted by Gasteiger charge is 2.32. The lowest BCUT2D eigenvalue weighted by atomic mass is 9.99. The van der Waals surface area contributed by atoms with Crippen LogP contribution < -0.4 is 5.32 Å². The molecule has 1 aromatic rings. The number of hydrogen-bond acceptors (Lipinski definition) is 6. The van der Waals surface area contributed by atoms with Gasteiger partial charge in [0.1, 0.15) is 0 Å². The van der Waals surface area contributed by atoms with Gasteiger partial charge in [-0.15, -0.1) is 0 Å². The number of carbonyl (C=O) groups excluding carboxylic acids is 3. The van der Waals surface area contributed by atoms with Gasteiger partial charge in [-0.2, -0.15) is 0 Å². The Hall–Kier alpha value is -2.68. The predicted molar refractivity (Wildman–Crippen MR) is 115 cm³/mol. The van der Waals surface area contributed by atoms with Crippen LogP contribution in [0.4, 0.5) is 4.79 Å². The fourth-order valence-electron chi connectivity index (χ4n) is 4.26. The van der Waals surface area contributed by atoms with Crippen LogP contribution in [0.3, 0.4) is 0 Å². The number of nitrogens with zero attached hydrogens (tertiary/aromatic N) is 4. The first-order chi connectivity index (χ1) is 15.0. The standard InChI is InChI=1S/C22H33N5O4/c1-3-31-22(30)27-12-10-26(11-13-27)21(29)17-7-8-19(16-25(2)15-17)24-20(28)14-18-6-4-5-9-23-18/h4-6,9,17,19H,3,7-8,10-16H2,1-2H3,(H,24,28)/t17-,19+/m1/s1. The van der Waals surface area contributed by atoms with E-state index in [4.69, 9.17) is 4.74 Å². The molecule has 9 heteroatoms. The highest BCUT2D eigenvalue weighted by molar-refractivity contribution is 5.80. The number of likely N-dealkylation sites (N-methyl/N-ethyl adjacent to an activating group) is 1. The number of hydrogen-bond donors (Lipinski definition) is 1. The van der Waals surface area contributed by atoms with Crippen molar-refractivity contribution in [1.29, 1.82) is 0 Å². The summed E-state index contributed by atoms with van der Waals surface area (Å²) in [5.74, 6) is -0.00961. The maximum Gasteiger partial charge on any atom is 0.409 e. The Kier molecular flexibility index (Phi) is 8.22. The first-order valence-corrected chi connectivity index (χ1v) is 11.0. The van der Waals surface area contributed by atoms with Crippen molar-refractivity contribution in [2.24, 2.45) is 5.92 Å². The Morgan fingerprint density at radius 3 is 2.52 bits per heavy atom. The number of piperazine rings is 1. The van der Waals surface area contributed by atoms with Crippen LogP contribution in [0.15, 0.2) is 24.4 Å². The largest absolute Gasteiger partial charge is 0.450 e. The third-order valence-electron chi connectivity index (χ3n) is 5.83. The highest BCUT2D eigenvalue weighted by Crippen LogP contribution is 2.20. The minimum atomic E-state index is -0.312. The van der Waals surface area contributed by atoms with Gasteiger partial charge in [0, 0.05) is 57.2 Å². The second-order valence-electron chi connectivity index (χ2n) is 8.27. The Balaban J connectivity index is 1.48. The summed E-state index contributed by atoms with van der Waals surface area (Å²) in [5.41, 5.74) is 0.747. The Morgan fingerprint density at radius 2 is 1.84 bits per heavy atom. The predicted octanol–water partition coefficient (Wildman–Crippen LogP) is 0.751. The second kappa shape index (κ2) is 11.1. The van der Waals surface area contributed by atoms with Crippen molar-refractivity contribution in [2.75, 3.05) is 52.9 Å². The molecule has 0 aliphatic carbocycles. The first kappa shape index (κ1) is 23.0. The first-order valence-electron chi connectivity index (χ1n) is 11.0. The fraction of sp³-hybridized carbons (Fsp3) is 0.636. The van der Waals surface area contributed by atoms with E-state index < -0.39 is 0 Å². The summed E-state index contributed by atoms with van der Waals surface area (Å²) in [6, 6.07) is 5.56. The molecule has 3 amide bonds. The minimum Gasteiger partial charge on any atom is -0.450 e. The van der Waals surface area contributed by atoms with Crippen LogP contribution >= 0.6 is 0 Å². The van der Waals surface area contributed by atoms with Crippen LogP contribution in [0.25, 0.3) is 0 Å². The van der Waals surface area contributed by atoms with Gasteiger partial charge in [-0.25, -0.2) is 4.79 Å². The Morgan fingerprint density at radius 1 is 1.10 bits per heavy atom. The molecule has 0 bridgehead atoms. The van der Waals surface area contributed by atoms with Gasteiger partial charge in [0.05, 0.1) is 18.9 Å². The van der Waals surface area contributed by atoms with E-state index in [1.165, 1.54) is 0 Å². The summed E-state index contributed by atoms with van der Waals surface area (Å²) in [4.78, 5) is 47.2. The van der Waals surface area contributed by atoms with Crippen molar-refractivity contribution in [3.63, 3.8) is 0 Å². The molecule has 2 atom stereocenters. The normalized spacial score (nSPS) is 22.5. The van der Waals surface area contributed by atoms with Crippen molar-refractivity contribution in [3.8, 4) is 0 Å². The number of pyridine rings is 1. The summed E-state index contributed by atoms with van der Waals surface area (Å²) in [6.45, 7) is 5.58. The quantitative estimate of drug-likeness (QED) is 0.739. The number of likely N-dealkylation sites (tertiary alicyclic amines) is 1. The summed E-state index contributed by atoms with van der Waals surface area (Å²) < 4.78 is 5.04. The van der Waals surface area contributed by atoms with Gasteiger partial charge in [0.2, 0.25) is 11.8 Å². The zero-order valence-corrected chi connectivity index (χ0v) is 18.5. The Labute approximate surface area is 183 Å². The summed E-state index contributed by atoms with van der Waals surface area (Å²) in [5, 5.41) is 3.10. The molecule has 0 unspecified atom stereocenters. The van der Waals surface area contributed by atoms with Gasteiger partial charge in [0.25, 0.3) is 0 Å². The molecular formula is C22H33N5O4. The Bertz CT molecular complexity index is 752. The molecule has 0 spiro atoms. The molecule has 31 heavy (non-hydrogen) atoms. The van der Waals surface area contributed by atoms with Gasteiger partial charge < -0.3 is 24.8 Å². The van der Waals surface area contributed by atoms with Gasteiger partial charge in [-0.3, -0.25) is 14.6 Å². The molecule has 3 rings (SSSR count). The van der Waals surface area contributed by atoms with E-state index in [1.807, 2.05) is 30.1 Å². The van der Waals surface area contributed by atoms with Crippen LogP contribution in [0.2, 0.25) is 0 Å². The lowest BCUT2D eigenvalue weighted by molar-refractivity contribution is -0.137. The zero-order chi connectivity index (χ0) is 22.2. The molecule has 2 fully saturated rings. The van der Waals surface area contributed by atoms with Crippen LogP contribution in [-0.4, -0.2) is 96.6 Å². The number of carbonyl (C=O) groups is 3. The van der Waals surface area contributed by atoms with Crippen molar-refractivity contribution in [1.82, 2.24) is 25.0 Å². The lowest BCUT2D eigenvalue weighted by Gasteiger charge is -2.36. The van der Waals surface area contributed by atoms with Crippen molar-refractivity contribution in [2.45, 2.75) is 32.2 Å². The molecule has 9 nitrogen and oxygen atoms in total. The average molecular weight is 432 g/mol. The highest BCUT2D eigenvalue weighted by atomic mass is 16.6. The molecule has 0 saturated carbocycles. The molecular weight excluding hydrogens is 398 g/mol. The number of amides is 3. The number of rotatable bonds is 5. The minimum absolute atomic E-state index is 0.0136. The van der Waals surface area contributed by atoms with E-state index in [2.05, 4.69) is 15.2 Å². The van der Waals surface area contributed by atoms with E-state index in [1.54, 1.807) is 18.0 Å². The molecule has 2 aliphatic rings. The van der Waals surface area contributed by atoms with E-state index in [0.29, 0.717) is 45.9 Å². The van der Waals surface area contributed by atoms with Gasteiger partial charge >= 0.3 is 6.09 Å². The maximum absolute atomic E-state index is 13.1. The van der Waals surface area contributed by atoms with Gasteiger partial charge in [0.15, 0.2) is 0 Å². The van der Waals surface area contributed by atoms with Crippen LogP contribution in [-0.2, 0) is 20.7 Å². The molecule has 0 aromatic carbocycles. The zero-order valence-electron chi connectivity index (χ0n) is 18.5. The lowest BCUT2D eigenvalue weighted by Crippen LogP contribution is -2.52. The van der Waals surface area contributed by atoms with Crippen molar-refractivity contribution >= 4 is 17.9 Å². The molecule has 2 aliphatic heterocycles. The summed E-state index contributed by atoms with van der Waals surface area (Å²) >= 11 is 0. The van der Waals surface area contributed by atoms with E-state index >= 15 is 0 Å². The number of aromatic nitrogens is 1. The fourth-order valence-corrected chi connectivity index (χ4v) is 4.26. The van der Waals surface area contributed by atoms with Crippen molar-refractivity contribution in [3.05, 3.63) is 30.1 Å². The summed E-state index contributed by atoms with van der Waals surface area (Å²) in [7, 11) is 1.99. The summed E-state index contributed by atoms with van der Waals surface area (Å²) in [6.07, 6.45) is 3.12. The number of ether oxygens (including phenoxy) is 1. The van der Waals surface area contributed by atoms with Crippen molar-refractivity contribution < 1.29 is 19.1 Å². The molecule has 1 N–H and O–H groups in total. The smallest absolute Gasteiger partial charge is 0.409 e. The second-order valence-corrected chi connectivity index (χ2v) is 8.27. The third kappa shape index (κ3) is 6.65. The number of nitrogens with one attached hydrogen (secondary N) is 1. The molecule has 3 heterocycles. The molecule has 2 saturated heterocycles. The monoisotopic (exact) mass is 431 g/mol. The van der Waals surface area contributed by atoms with Gasteiger partial charge in [-0.1, -0.05) is 6.07 Å². The molecule has 0 radical (unpaired) electrons. The van der Waals surface area contributed by atoms with Gasteiger partial charge in [-0.05, 0) is 38.9 Å². The topological polar surface area (TPSA) is 95.1 Å². The van der Waals surface area contributed by atoms with Crippen LogP contribution in [0, 0.1) is 5.92 Å². The third-order valence-corrected chi connectivity index (χ3v) is 5.83. The maximum atomic E-state index is 13.1.